The molecule has 1 heterocycles. The molecule has 2 fully saturated rings. The van der Waals surface area contributed by atoms with E-state index in [2.05, 4.69) is 18.8 Å². The first-order valence-corrected chi connectivity index (χ1v) is 7.91. The number of ketones is 1. The number of Topliss-reactive ketones (excluding diaryl/α,β-unsaturated/α-hetero) is 1. The molecule has 0 aromatic heterocycles. The van der Waals surface area contributed by atoms with Crippen LogP contribution < -0.4 is 4.99 Å². The SMILES string of the molecule is CC1(C)CC(=O)CC(=[NH+][C@@H]2CCS(=O)(=O)C2)C1. The number of nitrogens with one attached hydrogen (secondary N) is 1. The van der Waals surface area contributed by atoms with Crippen LogP contribution in [-0.4, -0.2) is 37.5 Å². The van der Waals surface area contributed by atoms with Crippen LogP contribution in [0.5, 0.6) is 0 Å². The fourth-order valence-electron chi connectivity index (χ4n) is 2.84. The Balaban J connectivity index is 2.10. The predicted octanol–water partition coefficient (Wildman–Crippen LogP) is -0.526. The van der Waals surface area contributed by atoms with Gasteiger partial charge in [-0.25, -0.2) is 13.4 Å². The molecule has 5 heteroatoms. The van der Waals surface area contributed by atoms with E-state index >= 15 is 0 Å². The first kappa shape index (κ1) is 12.7. The van der Waals surface area contributed by atoms with Gasteiger partial charge in [0, 0.05) is 19.3 Å². The monoisotopic (exact) mass is 258 g/mol. The molecule has 1 saturated heterocycles. The van der Waals surface area contributed by atoms with Crippen LogP contribution in [-0.2, 0) is 14.6 Å². The van der Waals surface area contributed by atoms with Gasteiger partial charge in [0.15, 0.2) is 21.6 Å². The third-order valence-electron chi connectivity index (χ3n) is 3.42. The Kier molecular flexibility index (Phi) is 3.14. The highest BCUT2D eigenvalue weighted by molar-refractivity contribution is 7.91. The van der Waals surface area contributed by atoms with Gasteiger partial charge in [0.2, 0.25) is 0 Å². The lowest BCUT2D eigenvalue weighted by molar-refractivity contribution is -0.498. The van der Waals surface area contributed by atoms with Gasteiger partial charge >= 0.3 is 0 Å². The van der Waals surface area contributed by atoms with Crippen LogP contribution in [0, 0.1) is 5.41 Å². The van der Waals surface area contributed by atoms with E-state index in [0.717, 1.165) is 12.1 Å². The van der Waals surface area contributed by atoms with Crippen molar-refractivity contribution in [3.8, 4) is 0 Å². The van der Waals surface area contributed by atoms with Crippen molar-refractivity contribution in [2.24, 2.45) is 5.41 Å². The van der Waals surface area contributed by atoms with E-state index in [1.165, 1.54) is 0 Å². The summed E-state index contributed by atoms with van der Waals surface area (Å²) in [5.41, 5.74) is 1.03. The Morgan fingerprint density at radius 1 is 1.29 bits per heavy atom. The van der Waals surface area contributed by atoms with Crippen LogP contribution in [0.25, 0.3) is 0 Å². The van der Waals surface area contributed by atoms with Crippen LogP contribution in [0.2, 0.25) is 0 Å². The van der Waals surface area contributed by atoms with E-state index < -0.39 is 9.84 Å². The Bertz CT molecular complexity index is 462. The van der Waals surface area contributed by atoms with Crippen LogP contribution in [0.3, 0.4) is 0 Å². The van der Waals surface area contributed by atoms with Gasteiger partial charge in [-0.2, -0.15) is 0 Å². The van der Waals surface area contributed by atoms with Gasteiger partial charge in [-0.1, -0.05) is 13.8 Å². The summed E-state index contributed by atoms with van der Waals surface area (Å²) >= 11 is 0. The molecular formula is C12H20NO3S+. The summed E-state index contributed by atoms with van der Waals surface area (Å²) in [6.07, 6.45) is 2.64. The first-order chi connectivity index (χ1) is 7.76. The molecule has 1 N–H and O–H groups in total. The molecule has 1 saturated carbocycles. The number of carbonyl (C=O) groups excluding carboxylic acids is 1. The molecule has 0 aromatic rings. The molecular weight excluding hydrogens is 238 g/mol. The minimum Gasteiger partial charge on any atom is -0.299 e. The van der Waals surface area contributed by atoms with E-state index in [1.807, 2.05) is 0 Å². The van der Waals surface area contributed by atoms with Gasteiger partial charge in [0.25, 0.3) is 0 Å². The average molecular weight is 258 g/mol. The number of hydrogen-bond donors (Lipinski definition) is 1. The number of sulfone groups is 1. The topological polar surface area (TPSA) is 65.2 Å². The minimum absolute atomic E-state index is 0.00907. The standard InChI is InChI=1S/C12H19NO3S/c1-12(2)6-10(5-11(14)7-12)13-9-3-4-17(15,16)8-9/h9H,3-8H2,1-2H3/p+1/t9-/m1/s1. The Morgan fingerprint density at radius 3 is 2.53 bits per heavy atom. The van der Waals surface area contributed by atoms with E-state index in [0.29, 0.717) is 19.3 Å². The normalized spacial score (nSPS) is 34.1. The zero-order valence-electron chi connectivity index (χ0n) is 10.5. The Hall–Kier alpha value is -0.710. The van der Waals surface area contributed by atoms with Gasteiger partial charge < -0.3 is 0 Å². The van der Waals surface area contributed by atoms with Crippen molar-refractivity contribution >= 4 is 21.3 Å². The summed E-state index contributed by atoms with van der Waals surface area (Å²) in [5.74, 6) is 0.741. The maximum atomic E-state index is 11.6. The lowest BCUT2D eigenvalue weighted by atomic mass is 9.76. The van der Waals surface area contributed by atoms with Crippen molar-refractivity contribution in [3.05, 3.63) is 0 Å². The molecule has 17 heavy (non-hydrogen) atoms. The smallest absolute Gasteiger partial charge is 0.165 e. The third-order valence-corrected chi connectivity index (χ3v) is 5.19. The fraction of sp³-hybridized carbons (Fsp3) is 0.833. The van der Waals surface area contributed by atoms with Gasteiger partial charge in [-0.15, -0.1) is 0 Å². The molecule has 4 nitrogen and oxygen atoms in total. The molecule has 2 aliphatic rings. The van der Waals surface area contributed by atoms with E-state index in [9.17, 15) is 13.2 Å². The van der Waals surface area contributed by atoms with Gasteiger partial charge in [-0.05, 0) is 5.41 Å². The van der Waals surface area contributed by atoms with Crippen molar-refractivity contribution < 1.29 is 18.2 Å². The van der Waals surface area contributed by atoms with Gasteiger partial charge in [0.05, 0.1) is 12.2 Å². The lowest BCUT2D eigenvalue weighted by Crippen LogP contribution is -2.81. The second kappa shape index (κ2) is 4.19. The molecule has 0 radical (unpaired) electrons. The molecule has 0 spiro atoms. The summed E-state index contributed by atoms with van der Waals surface area (Å²) in [6, 6.07) is 0.0108. The number of rotatable bonds is 1. The van der Waals surface area contributed by atoms with E-state index in [-0.39, 0.29) is 28.7 Å². The fourth-order valence-corrected chi connectivity index (χ4v) is 4.51. The van der Waals surface area contributed by atoms with Crippen LogP contribution in [0.4, 0.5) is 0 Å². The highest BCUT2D eigenvalue weighted by Crippen LogP contribution is 2.30. The summed E-state index contributed by atoms with van der Waals surface area (Å²) in [4.78, 5) is 14.9. The Morgan fingerprint density at radius 2 is 2.00 bits per heavy atom. The summed E-state index contributed by atoms with van der Waals surface area (Å²) < 4.78 is 22.7. The molecule has 1 atom stereocenters. The molecule has 0 unspecified atom stereocenters. The summed E-state index contributed by atoms with van der Waals surface area (Å²) in [5, 5.41) is 0. The number of hydrogen-bond acceptors (Lipinski definition) is 3. The minimum atomic E-state index is -2.85. The molecule has 1 aliphatic heterocycles. The lowest BCUT2D eigenvalue weighted by Gasteiger charge is -2.27. The van der Waals surface area contributed by atoms with Crippen molar-refractivity contribution in [3.63, 3.8) is 0 Å². The van der Waals surface area contributed by atoms with Gasteiger partial charge in [0.1, 0.15) is 11.5 Å². The largest absolute Gasteiger partial charge is 0.299 e. The molecule has 0 bridgehead atoms. The van der Waals surface area contributed by atoms with Crippen molar-refractivity contribution in [1.82, 2.24) is 0 Å². The Labute approximate surface area is 102 Å². The average Bonchev–Trinajstić information content (AvgIpc) is 2.41. The summed E-state index contributed by atoms with van der Waals surface area (Å²) in [6.45, 7) is 4.16. The van der Waals surface area contributed by atoms with Crippen molar-refractivity contribution in [2.45, 2.75) is 45.6 Å². The van der Waals surface area contributed by atoms with Crippen LogP contribution in [0.15, 0.2) is 0 Å². The molecule has 1 aliphatic carbocycles. The zero-order chi connectivity index (χ0) is 12.7. The third kappa shape index (κ3) is 3.37. The van der Waals surface area contributed by atoms with Crippen molar-refractivity contribution in [1.29, 1.82) is 0 Å². The highest BCUT2D eigenvalue weighted by Gasteiger charge is 2.36. The molecule has 0 amide bonds. The molecule has 0 aromatic carbocycles. The van der Waals surface area contributed by atoms with E-state index in [1.54, 1.807) is 0 Å². The second-order valence-corrected chi connectivity index (χ2v) is 8.31. The van der Waals surface area contributed by atoms with Gasteiger partial charge in [-0.3, -0.25) is 4.79 Å². The highest BCUT2D eigenvalue weighted by atomic mass is 32.2. The maximum absolute atomic E-state index is 11.6. The summed E-state index contributed by atoms with van der Waals surface area (Å²) in [7, 11) is -2.85. The molecule has 96 valence electrons. The zero-order valence-corrected chi connectivity index (χ0v) is 11.3. The quantitative estimate of drug-likeness (QED) is 0.688. The van der Waals surface area contributed by atoms with Crippen LogP contribution in [0.1, 0.15) is 39.5 Å². The van der Waals surface area contributed by atoms with E-state index in [4.69, 9.17) is 0 Å². The van der Waals surface area contributed by atoms with Crippen LogP contribution >= 0.6 is 0 Å². The second-order valence-electron chi connectivity index (χ2n) is 6.08. The maximum Gasteiger partial charge on any atom is 0.165 e. The molecule has 2 rings (SSSR count). The predicted molar refractivity (Wildman–Crippen MR) is 65.7 cm³/mol. The first-order valence-electron chi connectivity index (χ1n) is 6.09. The number of carbonyl (C=O) groups is 1. The van der Waals surface area contributed by atoms with Crippen molar-refractivity contribution in [2.75, 3.05) is 11.5 Å².